The minimum absolute atomic E-state index is 0.630. The molecule has 0 radical (unpaired) electrons. The zero-order valence-electron chi connectivity index (χ0n) is 29.8. The van der Waals surface area contributed by atoms with E-state index in [2.05, 4.69) is 174 Å². The Balaban J connectivity index is 1.11. The highest BCUT2D eigenvalue weighted by molar-refractivity contribution is 6.25. The van der Waals surface area contributed by atoms with Crippen molar-refractivity contribution in [1.29, 1.82) is 0 Å². The van der Waals surface area contributed by atoms with Crippen LogP contribution in [0.25, 0.3) is 105 Å². The lowest BCUT2D eigenvalue weighted by Gasteiger charge is -2.14. The first kappa shape index (κ1) is 31.1. The molecule has 0 saturated carbocycles. The van der Waals surface area contributed by atoms with Crippen LogP contribution in [0.1, 0.15) is 0 Å². The average molecular weight is 701 g/mol. The highest BCUT2D eigenvalue weighted by Crippen LogP contribution is 2.39. The Morgan fingerprint density at radius 2 is 0.655 bits per heavy atom. The molecule has 9 aromatic carbocycles. The normalized spacial score (nSPS) is 11.6. The van der Waals surface area contributed by atoms with Crippen LogP contribution in [0.15, 0.2) is 194 Å². The van der Waals surface area contributed by atoms with Gasteiger partial charge in [-0.15, -0.1) is 0 Å². The quantitative estimate of drug-likeness (QED) is 0.168. The first-order valence-electron chi connectivity index (χ1n) is 18.6. The zero-order chi connectivity index (χ0) is 36.3. The maximum absolute atomic E-state index is 5.14. The summed E-state index contributed by atoms with van der Waals surface area (Å²) in [5.74, 6) is 1.91. The van der Waals surface area contributed by atoms with Gasteiger partial charge in [0, 0.05) is 33.2 Å². The number of hydrogen-bond donors (Lipinski definition) is 0. The predicted molar refractivity (Wildman–Crippen MR) is 228 cm³/mol. The van der Waals surface area contributed by atoms with Gasteiger partial charge in [-0.3, -0.25) is 0 Å². The third-order valence-electron chi connectivity index (χ3n) is 10.8. The van der Waals surface area contributed by atoms with Crippen molar-refractivity contribution in [3.8, 4) is 51.0 Å². The van der Waals surface area contributed by atoms with Gasteiger partial charge < -0.3 is 4.57 Å². The molecule has 0 aliphatic carbocycles. The van der Waals surface area contributed by atoms with Crippen molar-refractivity contribution in [1.82, 2.24) is 19.5 Å². The van der Waals surface area contributed by atoms with Crippen LogP contribution in [-0.4, -0.2) is 19.5 Å². The molecule has 0 aliphatic rings. The van der Waals surface area contributed by atoms with Crippen molar-refractivity contribution in [2.45, 2.75) is 0 Å². The second-order valence-corrected chi connectivity index (χ2v) is 14.0. The minimum atomic E-state index is 0.630. The largest absolute Gasteiger partial charge is 0.309 e. The fraction of sp³-hybridized carbons (Fsp3) is 0. The van der Waals surface area contributed by atoms with Crippen molar-refractivity contribution < 1.29 is 0 Å². The van der Waals surface area contributed by atoms with Gasteiger partial charge in [-0.2, -0.15) is 0 Å². The first-order chi connectivity index (χ1) is 27.3. The molecule has 0 saturated heterocycles. The van der Waals surface area contributed by atoms with Crippen LogP contribution < -0.4 is 0 Å². The predicted octanol–water partition coefficient (Wildman–Crippen LogP) is 13.1. The molecule has 0 unspecified atom stereocenters. The van der Waals surface area contributed by atoms with E-state index in [0.717, 1.165) is 39.0 Å². The molecular formula is C51H32N4. The third kappa shape index (κ3) is 5.19. The molecule has 0 atom stereocenters. The first-order valence-corrected chi connectivity index (χ1v) is 18.6. The Kier molecular flexibility index (Phi) is 7.14. The molecule has 0 aliphatic heterocycles. The lowest BCUT2D eigenvalue weighted by atomic mass is 9.94. The lowest BCUT2D eigenvalue weighted by molar-refractivity contribution is 1.07. The van der Waals surface area contributed by atoms with E-state index in [9.17, 15) is 0 Å². The Bertz CT molecular complexity index is 3200. The summed E-state index contributed by atoms with van der Waals surface area (Å²) in [5.41, 5.74) is 8.48. The third-order valence-corrected chi connectivity index (χ3v) is 10.8. The molecule has 256 valence electrons. The lowest BCUT2D eigenvalue weighted by Crippen LogP contribution is -2.00. The molecule has 4 nitrogen and oxygen atoms in total. The topological polar surface area (TPSA) is 43.6 Å². The molecule has 2 heterocycles. The monoisotopic (exact) mass is 700 g/mol. The van der Waals surface area contributed by atoms with Gasteiger partial charge in [0.05, 0.1) is 11.0 Å². The highest BCUT2D eigenvalue weighted by atomic mass is 15.0. The molecule has 55 heavy (non-hydrogen) atoms. The zero-order valence-corrected chi connectivity index (χ0v) is 29.8. The van der Waals surface area contributed by atoms with E-state index in [4.69, 9.17) is 15.0 Å². The summed E-state index contributed by atoms with van der Waals surface area (Å²) < 4.78 is 2.39. The van der Waals surface area contributed by atoms with E-state index >= 15 is 0 Å². The second-order valence-electron chi connectivity index (χ2n) is 14.0. The molecule has 11 rings (SSSR count). The highest BCUT2D eigenvalue weighted by Gasteiger charge is 2.18. The van der Waals surface area contributed by atoms with Crippen molar-refractivity contribution in [3.05, 3.63) is 194 Å². The van der Waals surface area contributed by atoms with Crippen molar-refractivity contribution in [2.75, 3.05) is 0 Å². The fourth-order valence-electron chi connectivity index (χ4n) is 8.22. The van der Waals surface area contributed by atoms with Crippen LogP contribution in [0.2, 0.25) is 0 Å². The summed E-state index contributed by atoms with van der Waals surface area (Å²) in [4.78, 5) is 15.2. The summed E-state index contributed by atoms with van der Waals surface area (Å²) in [7, 11) is 0. The van der Waals surface area contributed by atoms with Crippen LogP contribution >= 0.6 is 0 Å². The molecule has 0 N–H and O–H groups in total. The van der Waals surface area contributed by atoms with Gasteiger partial charge in [0.15, 0.2) is 17.5 Å². The molecule has 0 bridgehead atoms. The molecular weight excluding hydrogens is 669 g/mol. The number of benzene rings is 9. The Morgan fingerprint density at radius 3 is 1.29 bits per heavy atom. The van der Waals surface area contributed by atoms with Crippen molar-refractivity contribution in [2.24, 2.45) is 0 Å². The van der Waals surface area contributed by atoms with Gasteiger partial charge >= 0.3 is 0 Å². The van der Waals surface area contributed by atoms with Gasteiger partial charge in [-0.1, -0.05) is 170 Å². The molecule has 0 spiro atoms. The number of nitrogens with zero attached hydrogens (tertiary/aromatic N) is 4. The van der Waals surface area contributed by atoms with Gasteiger partial charge in [0.25, 0.3) is 0 Å². The average Bonchev–Trinajstić information content (AvgIpc) is 3.60. The summed E-state index contributed by atoms with van der Waals surface area (Å²) in [6.45, 7) is 0. The van der Waals surface area contributed by atoms with Crippen LogP contribution in [-0.2, 0) is 0 Å². The summed E-state index contributed by atoms with van der Waals surface area (Å²) in [5, 5.41) is 9.93. The van der Waals surface area contributed by atoms with Gasteiger partial charge in [0.1, 0.15) is 0 Å². The second kappa shape index (κ2) is 12.6. The summed E-state index contributed by atoms with van der Waals surface area (Å²) >= 11 is 0. The number of fused-ring (bicyclic) bond motifs is 9. The van der Waals surface area contributed by atoms with E-state index < -0.39 is 0 Å². The molecule has 11 aromatic rings. The van der Waals surface area contributed by atoms with E-state index in [1.54, 1.807) is 0 Å². The standard InChI is InChI=1S/C51H32N4/c1-3-13-33(14-4-1)34-23-25-36(26-24-34)50-52-49(35-15-5-2-6-16-35)53-51(54-50)37-27-29-45-44-21-11-12-22-47(44)55(48(45)31-37)38-28-30-43-41-19-8-7-17-39(41)40-18-9-10-20-42(40)46(43)32-38/h1-32H. The summed E-state index contributed by atoms with van der Waals surface area (Å²) in [6, 6.07) is 68.7. The fourth-order valence-corrected chi connectivity index (χ4v) is 8.22. The number of aromatic nitrogens is 4. The Hall–Kier alpha value is -7.43. The molecule has 0 fully saturated rings. The Labute approximate surface area is 317 Å². The van der Waals surface area contributed by atoms with Crippen LogP contribution in [0, 0.1) is 0 Å². The van der Waals surface area contributed by atoms with Crippen LogP contribution in [0.5, 0.6) is 0 Å². The summed E-state index contributed by atoms with van der Waals surface area (Å²) in [6.07, 6.45) is 0. The van der Waals surface area contributed by atoms with Crippen molar-refractivity contribution >= 4 is 54.1 Å². The number of para-hydroxylation sites is 1. The van der Waals surface area contributed by atoms with Crippen molar-refractivity contribution in [3.63, 3.8) is 0 Å². The van der Waals surface area contributed by atoms with Gasteiger partial charge in [0.2, 0.25) is 0 Å². The van der Waals surface area contributed by atoms with E-state index in [0.29, 0.717) is 17.5 Å². The smallest absolute Gasteiger partial charge is 0.164 e. The maximum Gasteiger partial charge on any atom is 0.164 e. The molecule has 2 aromatic heterocycles. The number of rotatable bonds is 5. The van der Waals surface area contributed by atoms with E-state index in [1.807, 2.05) is 24.3 Å². The van der Waals surface area contributed by atoms with Gasteiger partial charge in [-0.25, -0.2) is 15.0 Å². The molecule has 0 amide bonds. The van der Waals surface area contributed by atoms with Gasteiger partial charge in [-0.05, 0) is 67.7 Å². The number of hydrogen-bond acceptors (Lipinski definition) is 3. The SMILES string of the molecule is c1ccc(-c2ccc(-c3nc(-c4ccccc4)nc(-c4ccc5c6ccccc6n(-c6ccc7c8ccccc8c8ccccc8c7c6)c5c4)n3)cc2)cc1. The van der Waals surface area contributed by atoms with Crippen LogP contribution in [0.4, 0.5) is 0 Å². The van der Waals surface area contributed by atoms with E-state index in [-0.39, 0.29) is 0 Å². The maximum atomic E-state index is 5.14. The van der Waals surface area contributed by atoms with E-state index in [1.165, 1.54) is 48.7 Å². The Morgan fingerprint density at radius 1 is 0.255 bits per heavy atom. The molecule has 4 heteroatoms. The minimum Gasteiger partial charge on any atom is -0.309 e. The van der Waals surface area contributed by atoms with Crippen LogP contribution in [0.3, 0.4) is 0 Å².